The van der Waals surface area contributed by atoms with E-state index in [1.54, 1.807) is 66.7 Å². The van der Waals surface area contributed by atoms with E-state index in [1.165, 1.54) is 6.07 Å². The lowest BCUT2D eigenvalue weighted by molar-refractivity contribution is -0.305. The van der Waals surface area contributed by atoms with Crippen molar-refractivity contribution in [3.05, 3.63) is 83.9 Å². The fourth-order valence-electron chi connectivity index (χ4n) is 3.31. The Labute approximate surface area is 183 Å². The van der Waals surface area contributed by atoms with Gasteiger partial charge in [-0.1, -0.05) is 24.3 Å². The Hall–Kier alpha value is -4.46. The van der Waals surface area contributed by atoms with Crippen molar-refractivity contribution in [1.29, 1.82) is 0 Å². The zero-order chi connectivity index (χ0) is 22.7. The average Bonchev–Trinajstić information content (AvgIpc) is 3.03. The highest BCUT2D eigenvalue weighted by molar-refractivity contribution is 6.34. The smallest absolute Gasteiger partial charge is 0.266 e. The summed E-state index contributed by atoms with van der Waals surface area (Å²) < 4.78 is 5.81. The first-order valence-corrected chi connectivity index (χ1v) is 9.78. The maximum absolute atomic E-state index is 12.9. The van der Waals surface area contributed by atoms with Crippen LogP contribution < -0.4 is 20.1 Å². The van der Waals surface area contributed by atoms with Crippen LogP contribution in [0.15, 0.2) is 72.8 Å². The first kappa shape index (κ1) is 20.8. The van der Waals surface area contributed by atoms with Gasteiger partial charge < -0.3 is 20.0 Å². The van der Waals surface area contributed by atoms with Crippen LogP contribution in [-0.4, -0.2) is 23.7 Å². The van der Waals surface area contributed by atoms with E-state index in [4.69, 9.17) is 4.74 Å². The van der Waals surface area contributed by atoms with Gasteiger partial charge in [0, 0.05) is 24.1 Å². The summed E-state index contributed by atoms with van der Waals surface area (Å²) in [5.41, 5.74) is 1.44. The van der Waals surface area contributed by atoms with Gasteiger partial charge in [-0.25, -0.2) is 4.90 Å². The highest BCUT2D eigenvalue weighted by atomic mass is 16.5. The average molecular weight is 429 g/mol. The van der Waals surface area contributed by atoms with Gasteiger partial charge in [0.15, 0.2) is 0 Å². The molecule has 8 heteroatoms. The summed E-state index contributed by atoms with van der Waals surface area (Å²) >= 11 is 0. The van der Waals surface area contributed by atoms with Crippen LogP contribution >= 0.6 is 0 Å². The number of hydrogen-bond acceptors (Lipinski definition) is 6. The zero-order valence-electron chi connectivity index (χ0n) is 16.7. The molecule has 4 rings (SSSR count). The number of hydrogen-bond donors (Lipinski definition) is 1. The lowest BCUT2D eigenvalue weighted by Gasteiger charge is -2.13. The minimum Gasteiger partial charge on any atom is -0.550 e. The fourth-order valence-corrected chi connectivity index (χ4v) is 3.31. The molecule has 3 aromatic rings. The molecule has 160 valence electrons. The van der Waals surface area contributed by atoms with E-state index < -0.39 is 23.7 Å². The normalized spacial score (nSPS) is 12.4. The SMILES string of the molecule is O=C([O-])CCC(=O)Nc1cccc(Oc2ccc3c(c2)C(=O)N(c2ccccc2)C3=O)c1. The van der Waals surface area contributed by atoms with Gasteiger partial charge in [-0.05, 0) is 48.9 Å². The molecule has 8 nitrogen and oxygen atoms in total. The summed E-state index contributed by atoms with van der Waals surface area (Å²) in [5, 5.41) is 13.1. The topological polar surface area (TPSA) is 116 Å². The molecule has 0 aliphatic carbocycles. The quantitative estimate of drug-likeness (QED) is 0.578. The Morgan fingerprint density at radius 2 is 1.53 bits per heavy atom. The number of carboxylic acids is 1. The number of ether oxygens (including phenoxy) is 1. The van der Waals surface area contributed by atoms with Gasteiger partial charge in [0.1, 0.15) is 11.5 Å². The van der Waals surface area contributed by atoms with Crippen LogP contribution in [0.25, 0.3) is 0 Å². The van der Waals surface area contributed by atoms with E-state index >= 15 is 0 Å². The van der Waals surface area contributed by atoms with Crippen molar-refractivity contribution in [3.63, 3.8) is 0 Å². The Morgan fingerprint density at radius 1 is 0.812 bits per heavy atom. The van der Waals surface area contributed by atoms with Crippen molar-refractivity contribution in [3.8, 4) is 11.5 Å². The van der Waals surface area contributed by atoms with Crippen LogP contribution in [0.1, 0.15) is 33.6 Å². The van der Waals surface area contributed by atoms with E-state index in [0.29, 0.717) is 28.4 Å². The van der Waals surface area contributed by atoms with Crippen LogP contribution in [0.2, 0.25) is 0 Å². The Bertz CT molecular complexity index is 1220. The monoisotopic (exact) mass is 429 g/mol. The summed E-state index contributed by atoms with van der Waals surface area (Å²) in [7, 11) is 0. The van der Waals surface area contributed by atoms with E-state index in [-0.39, 0.29) is 18.4 Å². The molecule has 0 unspecified atom stereocenters. The largest absolute Gasteiger partial charge is 0.550 e. The van der Waals surface area contributed by atoms with Crippen molar-refractivity contribution >= 4 is 35.1 Å². The van der Waals surface area contributed by atoms with Crippen LogP contribution in [0.4, 0.5) is 11.4 Å². The van der Waals surface area contributed by atoms with Crippen molar-refractivity contribution in [2.45, 2.75) is 12.8 Å². The number of fused-ring (bicyclic) bond motifs is 1. The number of carboxylic acid groups (broad SMARTS) is 1. The number of rotatable bonds is 7. The summed E-state index contributed by atoms with van der Waals surface area (Å²) in [6, 6.07) is 19.8. The number of benzene rings is 3. The minimum absolute atomic E-state index is 0.202. The molecule has 32 heavy (non-hydrogen) atoms. The van der Waals surface area contributed by atoms with Gasteiger partial charge in [0.25, 0.3) is 11.8 Å². The van der Waals surface area contributed by atoms with Gasteiger partial charge >= 0.3 is 0 Å². The molecule has 3 aromatic carbocycles. The van der Waals surface area contributed by atoms with Gasteiger partial charge in [0.05, 0.1) is 16.8 Å². The number of amides is 3. The van der Waals surface area contributed by atoms with Crippen molar-refractivity contribution in [2.24, 2.45) is 0 Å². The third kappa shape index (κ3) is 4.34. The number of nitrogens with one attached hydrogen (secondary N) is 1. The van der Waals surface area contributed by atoms with Crippen LogP contribution in [0, 0.1) is 0 Å². The van der Waals surface area contributed by atoms with Crippen LogP contribution in [0.5, 0.6) is 11.5 Å². The summed E-state index contributed by atoms with van der Waals surface area (Å²) in [4.78, 5) is 49.0. The first-order chi connectivity index (χ1) is 15.4. The molecule has 0 saturated heterocycles. The summed E-state index contributed by atoms with van der Waals surface area (Å²) in [6.07, 6.45) is -0.573. The van der Waals surface area contributed by atoms with Crippen molar-refractivity contribution in [1.82, 2.24) is 0 Å². The lowest BCUT2D eigenvalue weighted by atomic mass is 10.1. The van der Waals surface area contributed by atoms with Gasteiger partial charge in [-0.3, -0.25) is 14.4 Å². The molecule has 0 radical (unpaired) electrons. The third-order valence-electron chi connectivity index (χ3n) is 4.78. The number of imide groups is 1. The Kier molecular flexibility index (Phi) is 5.67. The third-order valence-corrected chi connectivity index (χ3v) is 4.78. The second kappa shape index (κ2) is 8.73. The molecule has 3 amide bonds. The standard InChI is InChI=1S/C24H18N2O6/c27-21(11-12-22(28)29)25-15-5-4-8-17(13-15)32-18-9-10-19-20(14-18)24(31)26(23(19)30)16-6-2-1-3-7-16/h1-10,13-14H,11-12H2,(H,25,27)(H,28,29)/p-1. The fraction of sp³-hybridized carbons (Fsp3) is 0.0833. The molecule has 1 aliphatic heterocycles. The molecule has 0 spiro atoms. The van der Waals surface area contributed by atoms with E-state index in [9.17, 15) is 24.3 Å². The predicted molar refractivity (Wildman–Crippen MR) is 113 cm³/mol. The van der Waals surface area contributed by atoms with Gasteiger partial charge in [-0.2, -0.15) is 0 Å². The number of anilines is 2. The lowest BCUT2D eigenvalue weighted by Crippen LogP contribution is -2.29. The molecule has 0 atom stereocenters. The highest BCUT2D eigenvalue weighted by Gasteiger charge is 2.36. The van der Waals surface area contributed by atoms with E-state index in [2.05, 4.69) is 5.32 Å². The molecular weight excluding hydrogens is 412 g/mol. The zero-order valence-corrected chi connectivity index (χ0v) is 16.7. The Morgan fingerprint density at radius 3 is 2.28 bits per heavy atom. The second-order valence-electron chi connectivity index (χ2n) is 7.04. The molecule has 1 N–H and O–H groups in total. The molecule has 0 aromatic heterocycles. The van der Waals surface area contributed by atoms with Crippen molar-refractivity contribution in [2.75, 3.05) is 10.2 Å². The molecule has 0 bridgehead atoms. The highest BCUT2D eigenvalue weighted by Crippen LogP contribution is 2.32. The number of para-hydroxylation sites is 1. The summed E-state index contributed by atoms with van der Waals surface area (Å²) in [5.74, 6) is -1.86. The number of carbonyl (C=O) groups is 4. The number of aliphatic carboxylic acids is 1. The summed E-state index contributed by atoms with van der Waals surface area (Å²) in [6.45, 7) is 0. The van der Waals surface area contributed by atoms with Gasteiger partial charge in [-0.15, -0.1) is 0 Å². The molecule has 1 heterocycles. The molecule has 1 aliphatic rings. The van der Waals surface area contributed by atoms with E-state index in [0.717, 1.165) is 4.90 Å². The van der Waals surface area contributed by atoms with E-state index in [1.807, 2.05) is 0 Å². The second-order valence-corrected chi connectivity index (χ2v) is 7.04. The number of carbonyl (C=O) groups excluding carboxylic acids is 4. The minimum atomic E-state index is -1.30. The maximum atomic E-state index is 12.9. The Balaban J connectivity index is 1.50. The maximum Gasteiger partial charge on any atom is 0.266 e. The molecular formula is C24H17N2O6-. The first-order valence-electron chi connectivity index (χ1n) is 9.78. The predicted octanol–water partition coefficient (Wildman–Crippen LogP) is 2.75. The van der Waals surface area contributed by atoms with Gasteiger partial charge in [0.2, 0.25) is 5.91 Å². The molecule has 0 fully saturated rings. The van der Waals surface area contributed by atoms with Crippen molar-refractivity contribution < 1.29 is 29.0 Å². The van der Waals surface area contributed by atoms with Crippen LogP contribution in [-0.2, 0) is 9.59 Å². The molecule has 0 saturated carbocycles. The van der Waals surface area contributed by atoms with Crippen LogP contribution in [0.3, 0.4) is 0 Å². The number of nitrogens with zero attached hydrogens (tertiary/aromatic N) is 1.